The van der Waals surface area contributed by atoms with E-state index in [0.717, 1.165) is 38.5 Å². The maximum atomic E-state index is 13.0. The number of hydrogen-bond donors (Lipinski definition) is 7. The second kappa shape index (κ2) is 41.8. The van der Waals surface area contributed by atoms with E-state index >= 15 is 0 Å². The van der Waals surface area contributed by atoms with Gasteiger partial charge in [-0.3, -0.25) is 4.79 Å². The molecule has 0 unspecified atom stereocenters. The van der Waals surface area contributed by atoms with Crippen LogP contribution in [0.4, 0.5) is 0 Å². The van der Waals surface area contributed by atoms with Crippen LogP contribution in [0.2, 0.25) is 0 Å². The van der Waals surface area contributed by atoms with E-state index in [-0.39, 0.29) is 18.9 Å². The summed E-state index contributed by atoms with van der Waals surface area (Å²) in [7, 11) is 0. The van der Waals surface area contributed by atoms with E-state index in [1.807, 2.05) is 0 Å². The number of carbonyl (C=O) groups is 1. The van der Waals surface area contributed by atoms with Gasteiger partial charge in [0.2, 0.25) is 5.91 Å². The molecule has 1 fully saturated rings. The first-order chi connectivity index (χ1) is 29.8. The van der Waals surface area contributed by atoms with Crippen LogP contribution >= 0.6 is 0 Å². The minimum atomic E-state index is -1.60. The lowest BCUT2D eigenvalue weighted by Gasteiger charge is -2.40. The first kappa shape index (κ1) is 58.2. The number of ether oxygens (including phenoxy) is 2. The van der Waals surface area contributed by atoms with Gasteiger partial charge in [0.1, 0.15) is 30.5 Å². The van der Waals surface area contributed by atoms with Crippen LogP contribution in [0, 0.1) is 0 Å². The van der Waals surface area contributed by atoms with Crippen molar-refractivity contribution in [2.75, 3.05) is 13.2 Å². The Labute approximate surface area is 375 Å². The van der Waals surface area contributed by atoms with Crippen molar-refractivity contribution in [3.05, 3.63) is 0 Å². The molecule has 10 heteroatoms. The number of unbranched alkanes of at least 4 members (excludes halogenated alkanes) is 34. The monoisotopic (exact) mass is 872 g/mol. The average molecular weight is 872 g/mol. The predicted molar refractivity (Wildman–Crippen MR) is 250 cm³/mol. The van der Waals surface area contributed by atoms with E-state index in [9.17, 15) is 35.4 Å². The normalized spacial score (nSPS) is 20.8. The van der Waals surface area contributed by atoms with Gasteiger partial charge < -0.3 is 45.4 Å². The fourth-order valence-corrected chi connectivity index (χ4v) is 8.79. The Bertz CT molecular complexity index is 942. The summed E-state index contributed by atoms with van der Waals surface area (Å²) < 4.78 is 11.2. The molecule has 61 heavy (non-hydrogen) atoms. The van der Waals surface area contributed by atoms with Gasteiger partial charge in [-0.25, -0.2) is 0 Å². The fraction of sp³-hybridized carbons (Fsp3) is 0.980. The Morgan fingerprint density at radius 2 is 0.852 bits per heavy atom. The molecule has 7 N–H and O–H groups in total. The van der Waals surface area contributed by atoms with Gasteiger partial charge in [-0.2, -0.15) is 0 Å². The van der Waals surface area contributed by atoms with E-state index < -0.39 is 55.6 Å². The highest BCUT2D eigenvalue weighted by Crippen LogP contribution is 2.23. The molecule has 0 aromatic carbocycles. The molecule has 0 spiro atoms. The highest BCUT2D eigenvalue weighted by atomic mass is 16.7. The van der Waals surface area contributed by atoms with Gasteiger partial charge in [0.05, 0.1) is 25.4 Å². The van der Waals surface area contributed by atoms with Crippen LogP contribution in [-0.2, 0) is 14.3 Å². The number of rotatable bonds is 45. The molecule has 1 aliphatic heterocycles. The number of amides is 1. The molecule has 8 atom stereocenters. The SMILES string of the molecule is CCCCCCCCCCCCCCCCCCCCCCCCCC(=O)N[C@@H](CO[C@H]1O[C@H](CO)[C@H](O)[C@H](O)[C@H]1O)[C@H](O)[C@H](O)CCCCCCCCCCCCCCC. The first-order valence-electron chi connectivity index (χ1n) is 26.3. The van der Waals surface area contributed by atoms with Crippen LogP contribution in [-0.4, -0.2) is 98.7 Å². The third-order valence-corrected chi connectivity index (χ3v) is 13.1. The molecule has 1 saturated heterocycles. The lowest BCUT2D eigenvalue weighted by molar-refractivity contribution is -0.303. The van der Waals surface area contributed by atoms with Gasteiger partial charge in [-0.15, -0.1) is 0 Å². The molecule has 0 bridgehead atoms. The Hall–Kier alpha value is -0.850. The van der Waals surface area contributed by atoms with Crippen molar-refractivity contribution in [2.45, 2.75) is 307 Å². The van der Waals surface area contributed by atoms with Crippen LogP contribution in [0.5, 0.6) is 0 Å². The van der Waals surface area contributed by atoms with Crippen LogP contribution < -0.4 is 5.32 Å². The lowest BCUT2D eigenvalue weighted by Crippen LogP contribution is -2.60. The highest BCUT2D eigenvalue weighted by Gasteiger charge is 2.44. The molecular weight excluding hydrogens is 771 g/mol. The van der Waals surface area contributed by atoms with Crippen LogP contribution in [0.15, 0.2) is 0 Å². The van der Waals surface area contributed by atoms with Gasteiger partial charge in [0.15, 0.2) is 6.29 Å². The summed E-state index contributed by atoms with van der Waals surface area (Å²) in [5, 5.41) is 65.3. The third-order valence-electron chi connectivity index (χ3n) is 13.1. The summed E-state index contributed by atoms with van der Waals surface area (Å²) in [6, 6.07) is -0.985. The minimum Gasteiger partial charge on any atom is -0.394 e. The Morgan fingerprint density at radius 1 is 0.508 bits per heavy atom. The second-order valence-electron chi connectivity index (χ2n) is 18.8. The second-order valence-corrected chi connectivity index (χ2v) is 18.8. The van der Waals surface area contributed by atoms with E-state index in [1.54, 1.807) is 0 Å². The van der Waals surface area contributed by atoms with Crippen molar-refractivity contribution in [3.8, 4) is 0 Å². The summed E-state index contributed by atoms with van der Waals surface area (Å²) >= 11 is 0. The molecular formula is C51H101NO9. The average Bonchev–Trinajstić information content (AvgIpc) is 3.26. The number of nitrogens with one attached hydrogen (secondary N) is 1. The first-order valence-corrected chi connectivity index (χ1v) is 26.3. The zero-order valence-corrected chi connectivity index (χ0v) is 39.8. The fourth-order valence-electron chi connectivity index (χ4n) is 8.79. The van der Waals surface area contributed by atoms with E-state index in [0.29, 0.717) is 6.42 Å². The van der Waals surface area contributed by atoms with Gasteiger partial charge >= 0.3 is 0 Å². The maximum Gasteiger partial charge on any atom is 0.220 e. The van der Waals surface area contributed by atoms with Crippen LogP contribution in [0.25, 0.3) is 0 Å². The Kier molecular flexibility index (Phi) is 39.9. The lowest BCUT2D eigenvalue weighted by atomic mass is 9.98. The van der Waals surface area contributed by atoms with Crippen LogP contribution in [0.3, 0.4) is 0 Å². The zero-order valence-electron chi connectivity index (χ0n) is 39.8. The number of aliphatic hydroxyl groups excluding tert-OH is 6. The number of aliphatic hydroxyl groups is 6. The topological polar surface area (TPSA) is 169 Å². The third kappa shape index (κ3) is 31.6. The maximum absolute atomic E-state index is 13.0. The molecule has 0 radical (unpaired) electrons. The van der Waals surface area contributed by atoms with E-state index in [2.05, 4.69) is 19.2 Å². The van der Waals surface area contributed by atoms with Crippen molar-refractivity contribution in [1.29, 1.82) is 0 Å². The van der Waals surface area contributed by atoms with E-state index in [4.69, 9.17) is 9.47 Å². The molecule has 1 amide bonds. The Balaban J connectivity index is 2.26. The summed E-state index contributed by atoms with van der Waals surface area (Å²) in [4.78, 5) is 13.0. The number of hydrogen-bond acceptors (Lipinski definition) is 9. The molecule has 1 heterocycles. The van der Waals surface area contributed by atoms with Crippen molar-refractivity contribution in [2.24, 2.45) is 0 Å². The quantitative estimate of drug-likeness (QED) is 0.0295. The smallest absolute Gasteiger partial charge is 0.220 e. The summed E-state index contributed by atoms with van der Waals surface area (Å²) in [6.07, 6.45) is 36.9. The summed E-state index contributed by atoms with van der Waals surface area (Å²) in [5.74, 6) is -0.252. The standard InChI is InChI=1S/C51H101NO9/c1-3-5-7-9-11-13-15-17-18-19-20-21-22-23-24-25-26-28-30-32-34-36-38-40-46(55)52-43(42-60-51-50(59)49(58)48(57)45(41-53)61-51)47(56)44(54)39-37-35-33-31-29-27-16-14-12-10-8-6-4-2/h43-45,47-51,53-54,56-59H,3-42H2,1-2H3,(H,52,55)/t43-,44+,45+,47-,48-,49-,50+,51-/m0/s1. The molecule has 0 aromatic rings. The van der Waals surface area contributed by atoms with Gasteiger partial charge in [-0.05, 0) is 12.8 Å². The zero-order chi connectivity index (χ0) is 44.6. The van der Waals surface area contributed by atoms with Crippen molar-refractivity contribution in [1.82, 2.24) is 5.32 Å². The molecule has 1 rings (SSSR count). The molecule has 364 valence electrons. The predicted octanol–water partition coefficient (Wildman–Crippen LogP) is 10.9. The molecule has 0 saturated carbocycles. The molecule has 10 nitrogen and oxygen atoms in total. The van der Waals surface area contributed by atoms with Crippen LogP contribution in [0.1, 0.15) is 258 Å². The van der Waals surface area contributed by atoms with Gasteiger partial charge in [-0.1, -0.05) is 239 Å². The number of carbonyl (C=O) groups excluding carboxylic acids is 1. The summed E-state index contributed by atoms with van der Waals surface area (Å²) in [6.45, 7) is 3.64. The molecule has 0 aliphatic carbocycles. The molecule has 0 aromatic heterocycles. The van der Waals surface area contributed by atoms with Crippen molar-refractivity contribution >= 4 is 5.91 Å². The summed E-state index contributed by atoms with van der Waals surface area (Å²) in [5.41, 5.74) is 0. The highest BCUT2D eigenvalue weighted by molar-refractivity contribution is 5.76. The molecule has 1 aliphatic rings. The Morgan fingerprint density at radius 3 is 1.21 bits per heavy atom. The van der Waals surface area contributed by atoms with Crippen molar-refractivity contribution in [3.63, 3.8) is 0 Å². The largest absolute Gasteiger partial charge is 0.394 e. The van der Waals surface area contributed by atoms with Crippen molar-refractivity contribution < 1.29 is 44.9 Å². The van der Waals surface area contributed by atoms with Gasteiger partial charge in [0, 0.05) is 6.42 Å². The van der Waals surface area contributed by atoms with E-state index in [1.165, 1.54) is 193 Å². The minimum absolute atomic E-state index is 0.252. The van der Waals surface area contributed by atoms with Gasteiger partial charge in [0.25, 0.3) is 0 Å².